The third-order valence-corrected chi connectivity index (χ3v) is 3.82. The van der Waals surface area contributed by atoms with Gasteiger partial charge in [-0.25, -0.2) is 4.79 Å². The number of hydrogen-bond acceptors (Lipinski definition) is 3. The SMILES string of the molecule is CNCC1CCCN(c2ccc(C(=O)O)c(C)c2)C1. The van der Waals surface area contributed by atoms with Crippen molar-refractivity contribution in [3.8, 4) is 0 Å². The largest absolute Gasteiger partial charge is 0.478 e. The quantitative estimate of drug-likeness (QED) is 0.873. The van der Waals surface area contributed by atoms with Crippen LogP contribution in [0.5, 0.6) is 0 Å². The number of anilines is 1. The number of aryl methyl sites for hydroxylation is 1. The van der Waals surface area contributed by atoms with E-state index in [1.165, 1.54) is 12.8 Å². The van der Waals surface area contributed by atoms with Gasteiger partial charge in [0.2, 0.25) is 0 Å². The van der Waals surface area contributed by atoms with Gasteiger partial charge in [0.1, 0.15) is 0 Å². The fourth-order valence-electron chi connectivity index (χ4n) is 2.84. The van der Waals surface area contributed by atoms with E-state index in [1.807, 2.05) is 26.1 Å². The lowest BCUT2D eigenvalue weighted by molar-refractivity contribution is 0.0696. The summed E-state index contributed by atoms with van der Waals surface area (Å²) in [5, 5.41) is 12.3. The van der Waals surface area contributed by atoms with Crippen LogP contribution in [0.4, 0.5) is 5.69 Å². The van der Waals surface area contributed by atoms with Crippen molar-refractivity contribution >= 4 is 11.7 Å². The van der Waals surface area contributed by atoms with Crippen LogP contribution < -0.4 is 10.2 Å². The molecule has 1 aromatic rings. The second-order valence-corrected chi connectivity index (χ2v) is 5.32. The number of nitrogens with one attached hydrogen (secondary N) is 1. The smallest absolute Gasteiger partial charge is 0.335 e. The zero-order chi connectivity index (χ0) is 13.8. The maximum Gasteiger partial charge on any atom is 0.335 e. The molecule has 1 fully saturated rings. The van der Waals surface area contributed by atoms with Crippen LogP contribution in [-0.2, 0) is 0 Å². The molecule has 0 spiro atoms. The molecule has 2 N–H and O–H groups in total. The molecule has 1 aliphatic rings. The van der Waals surface area contributed by atoms with Gasteiger partial charge in [-0.05, 0) is 63.0 Å². The summed E-state index contributed by atoms with van der Waals surface area (Å²) in [4.78, 5) is 13.4. The third-order valence-electron chi connectivity index (χ3n) is 3.82. The van der Waals surface area contributed by atoms with Crippen molar-refractivity contribution in [3.05, 3.63) is 29.3 Å². The lowest BCUT2D eigenvalue weighted by Gasteiger charge is -2.34. The summed E-state index contributed by atoms with van der Waals surface area (Å²) in [6, 6.07) is 5.64. The van der Waals surface area contributed by atoms with Crippen LogP contribution in [0.3, 0.4) is 0 Å². The summed E-state index contributed by atoms with van der Waals surface area (Å²) >= 11 is 0. The fraction of sp³-hybridized carbons (Fsp3) is 0.533. The second kappa shape index (κ2) is 6.06. The maximum atomic E-state index is 11.0. The molecule has 0 amide bonds. The molecule has 0 bridgehead atoms. The van der Waals surface area contributed by atoms with Gasteiger partial charge in [-0.3, -0.25) is 0 Å². The van der Waals surface area contributed by atoms with Crippen LogP contribution in [0.25, 0.3) is 0 Å². The van der Waals surface area contributed by atoms with Gasteiger partial charge in [0.15, 0.2) is 0 Å². The number of benzene rings is 1. The summed E-state index contributed by atoms with van der Waals surface area (Å²) in [5.74, 6) is -0.172. The van der Waals surface area contributed by atoms with E-state index < -0.39 is 5.97 Å². The minimum Gasteiger partial charge on any atom is -0.478 e. The maximum absolute atomic E-state index is 11.0. The Morgan fingerprint density at radius 2 is 2.32 bits per heavy atom. The molecule has 4 nitrogen and oxygen atoms in total. The van der Waals surface area contributed by atoms with Crippen LogP contribution in [0.2, 0.25) is 0 Å². The van der Waals surface area contributed by atoms with Crippen molar-refractivity contribution in [2.24, 2.45) is 5.92 Å². The second-order valence-electron chi connectivity index (χ2n) is 5.32. The summed E-state index contributed by atoms with van der Waals surface area (Å²) < 4.78 is 0. The average molecular weight is 262 g/mol. The molecule has 1 heterocycles. The zero-order valence-corrected chi connectivity index (χ0v) is 11.6. The van der Waals surface area contributed by atoms with Crippen LogP contribution in [0, 0.1) is 12.8 Å². The van der Waals surface area contributed by atoms with Crippen LogP contribution in [0.1, 0.15) is 28.8 Å². The van der Waals surface area contributed by atoms with E-state index >= 15 is 0 Å². The number of piperidine rings is 1. The Morgan fingerprint density at radius 3 is 2.95 bits per heavy atom. The Bertz CT molecular complexity index is 457. The molecule has 0 radical (unpaired) electrons. The predicted octanol–water partition coefficient (Wildman–Crippen LogP) is 2.13. The molecule has 2 rings (SSSR count). The highest BCUT2D eigenvalue weighted by Gasteiger charge is 2.20. The molecule has 1 saturated heterocycles. The predicted molar refractivity (Wildman–Crippen MR) is 77.0 cm³/mol. The van der Waals surface area contributed by atoms with Gasteiger partial charge >= 0.3 is 5.97 Å². The Balaban J connectivity index is 2.13. The molecule has 0 aromatic heterocycles. The van der Waals surface area contributed by atoms with Gasteiger partial charge in [-0.15, -0.1) is 0 Å². The number of carboxylic acids is 1. The van der Waals surface area contributed by atoms with E-state index in [1.54, 1.807) is 6.07 Å². The van der Waals surface area contributed by atoms with Crippen molar-refractivity contribution in [3.63, 3.8) is 0 Å². The molecule has 1 aromatic carbocycles. The normalized spacial score (nSPS) is 19.5. The van der Waals surface area contributed by atoms with Gasteiger partial charge in [0.05, 0.1) is 5.56 Å². The molecule has 0 saturated carbocycles. The van der Waals surface area contributed by atoms with Crippen LogP contribution in [0.15, 0.2) is 18.2 Å². The molecule has 19 heavy (non-hydrogen) atoms. The number of aromatic carboxylic acids is 1. The van der Waals surface area contributed by atoms with Gasteiger partial charge in [0.25, 0.3) is 0 Å². The molecule has 4 heteroatoms. The molecule has 1 unspecified atom stereocenters. The van der Waals surface area contributed by atoms with Crippen molar-refractivity contribution < 1.29 is 9.90 Å². The van der Waals surface area contributed by atoms with Crippen molar-refractivity contribution in [2.45, 2.75) is 19.8 Å². The Morgan fingerprint density at radius 1 is 1.53 bits per heavy atom. The first-order valence-corrected chi connectivity index (χ1v) is 6.85. The number of rotatable bonds is 4. The van der Waals surface area contributed by atoms with Crippen LogP contribution >= 0.6 is 0 Å². The first-order chi connectivity index (χ1) is 9.11. The topological polar surface area (TPSA) is 52.6 Å². The number of hydrogen-bond donors (Lipinski definition) is 2. The number of carboxylic acid groups (broad SMARTS) is 1. The monoisotopic (exact) mass is 262 g/mol. The third kappa shape index (κ3) is 3.26. The molecular weight excluding hydrogens is 240 g/mol. The van der Waals surface area contributed by atoms with E-state index in [2.05, 4.69) is 10.2 Å². The first kappa shape index (κ1) is 13.9. The lowest BCUT2D eigenvalue weighted by atomic mass is 9.97. The van der Waals surface area contributed by atoms with Crippen LogP contribution in [-0.4, -0.2) is 37.8 Å². The first-order valence-electron chi connectivity index (χ1n) is 6.85. The summed E-state index contributed by atoms with van der Waals surface area (Å²) in [5.41, 5.74) is 2.37. The number of nitrogens with zero attached hydrogens (tertiary/aromatic N) is 1. The highest BCUT2D eigenvalue weighted by atomic mass is 16.4. The van der Waals surface area contributed by atoms with Gasteiger partial charge in [-0.2, -0.15) is 0 Å². The molecule has 104 valence electrons. The Kier molecular flexibility index (Phi) is 4.43. The summed E-state index contributed by atoms with van der Waals surface area (Å²) in [6.45, 7) is 5.02. The standard InChI is InChI=1S/C15H22N2O2/c1-11-8-13(5-6-14(11)15(18)19)17-7-3-4-12(10-17)9-16-2/h5-6,8,12,16H,3-4,7,9-10H2,1-2H3,(H,18,19). The lowest BCUT2D eigenvalue weighted by Crippen LogP contribution is -2.39. The van der Waals surface area contributed by atoms with Crippen molar-refractivity contribution in [1.82, 2.24) is 5.32 Å². The van der Waals surface area contributed by atoms with E-state index in [4.69, 9.17) is 5.11 Å². The van der Waals surface area contributed by atoms with E-state index in [9.17, 15) is 4.79 Å². The molecule has 1 aliphatic heterocycles. The highest BCUT2D eigenvalue weighted by molar-refractivity contribution is 5.89. The minimum absolute atomic E-state index is 0.396. The average Bonchev–Trinajstić information content (AvgIpc) is 2.39. The zero-order valence-electron chi connectivity index (χ0n) is 11.6. The summed E-state index contributed by atoms with van der Waals surface area (Å²) in [7, 11) is 1.99. The van der Waals surface area contributed by atoms with Gasteiger partial charge in [-0.1, -0.05) is 0 Å². The molecule has 1 atom stereocenters. The molecular formula is C15H22N2O2. The fourth-order valence-corrected chi connectivity index (χ4v) is 2.84. The van der Waals surface area contributed by atoms with Crippen molar-refractivity contribution in [2.75, 3.05) is 31.6 Å². The van der Waals surface area contributed by atoms with E-state index in [0.29, 0.717) is 11.5 Å². The Hall–Kier alpha value is -1.55. The van der Waals surface area contributed by atoms with E-state index in [-0.39, 0.29) is 0 Å². The summed E-state index contributed by atoms with van der Waals surface area (Å²) in [6.07, 6.45) is 2.47. The van der Waals surface area contributed by atoms with Crippen molar-refractivity contribution in [1.29, 1.82) is 0 Å². The highest BCUT2D eigenvalue weighted by Crippen LogP contribution is 2.25. The minimum atomic E-state index is -0.851. The Labute approximate surface area is 114 Å². The number of carbonyl (C=O) groups is 1. The van der Waals surface area contributed by atoms with Gasteiger partial charge in [0, 0.05) is 18.8 Å². The molecule has 0 aliphatic carbocycles. The van der Waals surface area contributed by atoms with Gasteiger partial charge < -0.3 is 15.3 Å². The van der Waals surface area contributed by atoms with E-state index in [0.717, 1.165) is 30.9 Å².